The van der Waals surface area contributed by atoms with E-state index in [2.05, 4.69) is 4.37 Å². The lowest BCUT2D eigenvalue weighted by Crippen LogP contribution is -1.84. The molecule has 52 valence electrons. The van der Waals surface area contributed by atoms with E-state index in [1.54, 1.807) is 12.3 Å². The number of nitrogens with zero attached hydrogens (tertiary/aromatic N) is 1. The van der Waals surface area contributed by atoms with Gasteiger partial charge in [0.2, 0.25) is 0 Å². The van der Waals surface area contributed by atoms with E-state index >= 15 is 0 Å². The van der Waals surface area contributed by atoms with E-state index < -0.39 is 5.97 Å². The van der Waals surface area contributed by atoms with Crippen molar-refractivity contribution >= 4 is 23.6 Å². The van der Waals surface area contributed by atoms with E-state index in [0.29, 0.717) is 0 Å². The Labute approximate surface area is 61.8 Å². The molecule has 0 saturated heterocycles. The third kappa shape index (κ3) is 1.99. The van der Waals surface area contributed by atoms with Crippen molar-refractivity contribution in [2.45, 2.75) is 0 Å². The zero-order valence-corrected chi connectivity index (χ0v) is 5.84. The van der Waals surface area contributed by atoms with Gasteiger partial charge in [0, 0.05) is 17.2 Å². The lowest BCUT2D eigenvalue weighted by Gasteiger charge is -1.77. The Morgan fingerprint density at radius 3 is 3.10 bits per heavy atom. The molecule has 0 aromatic carbocycles. The molecule has 1 N–H and O–H groups in total. The monoisotopic (exact) mass is 155 g/mol. The molecule has 0 radical (unpaired) electrons. The van der Waals surface area contributed by atoms with Crippen molar-refractivity contribution < 1.29 is 9.90 Å². The predicted molar refractivity (Wildman–Crippen MR) is 38.8 cm³/mol. The molecule has 10 heavy (non-hydrogen) atoms. The van der Waals surface area contributed by atoms with Gasteiger partial charge in [-0.05, 0) is 23.7 Å². The number of hydrogen-bond donors (Lipinski definition) is 1. The third-order valence-corrected chi connectivity index (χ3v) is 1.56. The third-order valence-electron chi connectivity index (χ3n) is 0.848. The van der Waals surface area contributed by atoms with Gasteiger partial charge in [0.05, 0.1) is 0 Å². The molecule has 0 atom stereocenters. The van der Waals surface area contributed by atoms with E-state index in [1.807, 2.05) is 0 Å². The van der Waals surface area contributed by atoms with Crippen molar-refractivity contribution in [3.8, 4) is 0 Å². The predicted octanol–water partition coefficient (Wildman–Crippen LogP) is 1.24. The Kier molecular flexibility index (Phi) is 2.17. The van der Waals surface area contributed by atoms with Crippen LogP contribution >= 0.6 is 11.5 Å². The number of carbonyl (C=O) groups is 1. The molecule has 0 saturated carbocycles. The second-order valence-corrected chi connectivity index (χ2v) is 2.45. The van der Waals surface area contributed by atoms with Gasteiger partial charge < -0.3 is 5.11 Å². The zero-order valence-electron chi connectivity index (χ0n) is 5.02. The summed E-state index contributed by atoms with van der Waals surface area (Å²) in [6, 6.07) is 1.75. The maximum Gasteiger partial charge on any atom is 0.328 e. The van der Waals surface area contributed by atoms with E-state index in [4.69, 9.17) is 5.11 Å². The standard InChI is InChI=1S/C6H5NO2S/c8-6(9)2-1-5-3-4-7-10-5/h1-4H,(H,8,9)/b2-1+. The highest BCUT2D eigenvalue weighted by molar-refractivity contribution is 7.06. The van der Waals surface area contributed by atoms with Crippen LogP contribution in [0.1, 0.15) is 4.88 Å². The Morgan fingerprint density at radius 2 is 2.60 bits per heavy atom. The van der Waals surface area contributed by atoms with Crippen LogP contribution in [0, 0.1) is 0 Å². The maximum absolute atomic E-state index is 9.99. The summed E-state index contributed by atoms with van der Waals surface area (Å²) in [6.45, 7) is 0. The Balaban J connectivity index is 2.64. The summed E-state index contributed by atoms with van der Waals surface area (Å²) >= 11 is 1.26. The first-order valence-corrected chi connectivity index (χ1v) is 3.38. The summed E-state index contributed by atoms with van der Waals surface area (Å²) in [5.74, 6) is -0.937. The molecule has 0 bridgehead atoms. The van der Waals surface area contributed by atoms with Gasteiger partial charge in [0.25, 0.3) is 0 Å². The second-order valence-electron chi connectivity index (χ2n) is 1.59. The van der Waals surface area contributed by atoms with Crippen molar-refractivity contribution in [2.24, 2.45) is 0 Å². The van der Waals surface area contributed by atoms with E-state index in [-0.39, 0.29) is 0 Å². The number of hydrogen-bond acceptors (Lipinski definition) is 3. The molecule has 1 aromatic rings. The molecule has 0 amide bonds. The van der Waals surface area contributed by atoms with Crippen LogP contribution in [0.5, 0.6) is 0 Å². The van der Waals surface area contributed by atoms with Gasteiger partial charge in [0.1, 0.15) is 0 Å². The quantitative estimate of drug-likeness (QED) is 0.654. The Morgan fingerprint density at radius 1 is 1.80 bits per heavy atom. The average molecular weight is 155 g/mol. The van der Waals surface area contributed by atoms with Gasteiger partial charge in [-0.2, -0.15) is 0 Å². The van der Waals surface area contributed by atoms with E-state index in [9.17, 15) is 4.79 Å². The summed E-state index contributed by atoms with van der Waals surface area (Å²) in [4.78, 5) is 10.8. The smallest absolute Gasteiger partial charge is 0.328 e. The summed E-state index contributed by atoms with van der Waals surface area (Å²) < 4.78 is 3.80. The maximum atomic E-state index is 9.99. The topological polar surface area (TPSA) is 50.2 Å². The van der Waals surface area contributed by atoms with Crippen molar-refractivity contribution in [1.82, 2.24) is 4.37 Å². The van der Waals surface area contributed by atoms with Gasteiger partial charge in [0.15, 0.2) is 0 Å². The molecule has 0 aliphatic rings. The van der Waals surface area contributed by atoms with Crippen LogP contribution in [0.4, 0.5) is 0 Å². The molecule has 0 spiro atoms. The molecular formula is C6H5NO2S. The van der Waals surface area contributed by atoms with Gasteiger partial charge in [-0.3, -0.25) is 0 Å². The summed E-state index contributed by atoms with van der Waals surface area (Å²) in [5.41, 5.74) is 0. The normalized spacial score (nSPS) is 10.4. The number of aromatic nitrogens is 1. The molecule has 1 aromatic heterocycles. The van der Waals surface area contributed by atoms with Gasteiger partial charge >= 0.3 is 5.97 Å². The lowest BCUT2D eigenvalue weighted by atomic mass is 10.4. The first kappa shape index (κ1) is 6.95. The van der Waals surface area contributed by atoms with Crippen molar-refractivity contribution in [3.63, 3.8) is 0 Å². The fourth-order valence-electron chi connectivity index (χ4n) is 0.465. The minimum absolute atomic E-state index is 0.849. The molecule has 0 aliphatic carbocycles. The van der Waals surface area contributed by atoms with Crippen LogP contribution in [-0.4, -0.2) is 15.4 Å². The Hall–Kier alpha value is -1.16. The van der Waals surface area contributed by atoms with Crippen molar-refractivity contribution in [2.75, 3.05) is 0 Å². The van der Waals surface area contributed by atoms with Crippen molar-refractivity contribution in [3.05, 3.63) is 23.2 Å². The van der Waals surface area contributed by atoms with Gasteiger partial charge in [-0.25, -0.2) is 9.17 Å². The van der Waals surface area contributed by atoms with Crippen LogP contribution in [0.2, 0.25) is 0 Å². The lowest BCUT2D eigenvalue weighted by molar-refractivity contribution is -0.131. The molecule has 4 heteroatoms. The largest absolute Gasteiger partial charge is 0.478 e. The average Bonchev–Trinajstić information content (AvgIpc) is 2.34. The van der Waals surface area contributed by atoms with Gasteiger partial charge in [-0.15, -0.1) is 0 Å². The number of rotatable bonds is 2. The van der Waals surface area contributed by atoms with Crippen LogP contribution < -0.4 is 0 Å². The first-order chi connectivity index (χ1) is 4.79. The molecule has 1 rings (SSSR count). The molecule has 1 heterocycles. The minimum atomic E-state index is -0.937. The number of carboxylic acid groups (broad SMARTS) is 1. The van der Waals surface area contributed by atoms with Crippen molar-refractivity contribution in [1.29, 1.82) is 0 Å². The molecule has 0 unspecified atom stereocenters. The van der Waals surface area contributed by atoms with Gasteiger partial charge in [-0.1, -0.05) is 0 Å². The highest BCUT2D eigenvalue weighted by atomic mass is 32.1. The highest BCUT2D eigenvalue weighted by Gasteiger charge is 1.88. The SMILES string of the molecule is O=C(O)/C=C/c1ccns1. The summed E-state index contributed by atoms with van der Waals surface area (Å²) in [6.07, 6.45) is 4.24. The first-order valence-electron chi connectivity index (χ1n) is 2.61. The molecule has 3 nitrogen and oxygen atoms in total. The zero-order chi connectivity index (χ0) is 7.40. The molecular weight excluding hydrogens is 150 g/mol. The summed E-state index contributed by atoms with van der Waals surface area (Å²) in [7, 11) is 0. The Bertz CT molecular complexity index is 240. The molecule has 0 aliphatic heterocycles. The van der Waals surface area contributed by atoms with Crippen LogP contribution in [0.25, 0.3) is 6.08 Å². The number of carboxylic acids is 1. The minimum Gasteiger partial charge on any atom is -0.478 e. The highest BCUT2D eigenvalue weighted by Crippen LogP contribution is 2.05. The summed E-state index contributed by atoms with van der Waals surface area (Å²) in [5, 5.41) is 8.21. The number of aliphatic carboxylic acids is 1. The molecule has 0 fully saturated rings. The second kappa shape index (κ2) is 3.12. The fourth-order valence-corrected chi connectivity index (χ4v) is 0.959. The van der Waals surface area contributed by atoms with Crippen LogP contribution in [-0.2, 0) is 4.79 Å². The van der Waals surface area contributed by atoms with E-state index in [1.165, 1.54) is 17.6 Å². The van der Waals surface area contributed by atoms with Crippen LogP contribution in [0.3, 0.4) is 0 Å². The van der Waals surface area contributed by atoms with Crippen LogP contribution in [0.15, 0.2) is 18.3 Å². The fraction of sp³-hybridized carbons (Fsp3) is 0. The van der Waals surface area contributed by atoms with E-state index in [0.717, 1.165) is 11.0 Å².